The summed E-state index contributed by atoms with van der Waals surface area (Å²) in [5.41, 5.74) is 1.12. The average molecular weight is 304 g/mol. The molecule has 116 valence electrons. The predicted octanol–water partition coefficient (Wildman–Crippen LogP) is 1.35. The van der Waals surface area contributed by atoms with Crippen molar-refractivity contribution in [2.75, 3.05) is 14.2 Å². The van der Waals surface area contributed by atoms with Gasteiger partial charge in [-0.1, -0.05) is 12.1 Å². The summed E-state index contributed by atoms with van der Waals surface area (Å²) in [4.78, 5) is 22.5. The Morgan fingerprint density at radius 2 is 1.91 bits per heavy atom. The van der Waals surface area contributed by atoms with E-state index in [1.807, 2.05) is 24.3 Å². The maximum Gasteiger partial charge on any atom is 0.356 e. The minimum Gasteiger partial charge on any atom is -0.497 e. The van der Waals surface area contributed by atoms with Gasteiger partial charge in [0.25, 0.3) is 0 Å². The number of carboxylic acid groups (broad SMARTS) is 1. The molecule has 0 fully saturated rings. The van der Waals surface area contributed by atoms with E-state index < -0.39 is 11.9 Å². The molecule has 2 rings (SSSR count). The van der Waals surface area contributed by atoms with Crippen LogP contribution in [0, 0.1) is 0 Å². The van der Waals surface area contributed by atoms with Crippen LogP contribution in [0.5, 0.6) is 5.75 Å². The second-order valence-corrected chi connectivity index (χ2v) is 4.61. The van der Waals surface area contributed by atoms with E-state index >= 15 is 0 Å². The lowest BCUT2D eigenvalue weighted by Crippen LogP contribution is -2.08. The van der Waals surface area contributed by atoms with Gasteiger partial charge in [-0.2, -0.15) is 5.10 Å². The molecule has 2 aromatic rings. The number of aromatic nitrogens is 2. The third-order valence-corrected chi connectivity index (χ3v) is 3.11. The Morgan fingerprint density at radius 3 is 2.45 bits per heavy atom. The van der Waals surface area contributed by atoms with Crippen LogP contribution in [0.2, 0.25) is 0 Å². The zero-order chi connectivity index (χ0) is 16.1. The monoisotopic (exact) mass is 304 g/mol. The molecule has 1 aromatic carbocycles. The van der Waals surface area contributed by atoms with Crippen molar-refractivity contribution in [2.45, 2.75) is 13.0 Å². The van der Waals surface area contributed by atoms with E-state index in [9.17, 15) is 9.59 Å². The van der Waals surface area contributed by atoms with Gasteiger partial charge in [-0.3, -0.25) is 9.48 Å². The molecule has 0 atom stereocenters. The molecule has 0 aliphatic carbocycles. The van der Waals surface area contributed by atoms with E-state index in [1.54, 1.807) is 13.3 Å². The van der Waals surface area contributed by atoms with Crippen LogP contribution in [-0.2, 0) is 22.5 Å². The van der Waals surface area contributed by atoms with Crippen molar-refractivity contribution in [1.82, 2.24) is 9.78 Å². The first-order chi connectivity index (χ1) is 10.5. The van der Waals surface area contributed by atoms with Crippen molar-refractivity contribution < 1.29 is 24.2 Å². The lowest BCUT2D eigenvalue weighted by Gasteiger charge is -2.03. The second kappa shape index (κ2) is 6.75. The molecule has 1 heterocycles. The molecule has 0 unspecified atom stereocenters. The molecule has 0 amide bonds. The lowest BCUT2D eigenvalue weighted by atomic mass is 10.2. The van der Waals surface area contributed by atoms with Crippen molar-refractivity contribution in [2.24, 2.45) is 0 Å². The topological polar surface area (TPSA) is 90.7 Å². The van der Waals surface area contributed by atoms with E-state index in [0.29, 0.717) is 12.1 Å². The zero-order valence-corrected chi connectivity index (χ0v) is 12.3. The van der Waals surface area contributed by atoms with Gasteiger partial charge in [-0.15, -0.1) is 0 Å². The van der Waals surface area contributed by atoms with E-state index in [1.165, 1.54) is 11.8 Å². The Bertz CT molecular complexity index is 676. The first-order valence-electron chi connectivity index (χ1n) is 6.53. The van der Waals surface area contributed by atoms with Gasteiger partial charge in [-0.25, -0.2) is 4.79 Å². The van der Waals surface area contributed by atoms with Crippen molar-refractivity contribution >= 4 is 11.9 Å². The third kappa shape index (κ3) is 3.63. The second-order valence-electron chi connectivity index (χ2n) is 4.61. The van der Waals surface area contributed by atoms with Crippen LogP contribution in [0.25, 0.3) is 0 Å². The van der Waals surface area contributed by atoms with E-state index in [-0.39, 0.29) is 12.1 Å². The summed E-state index contributed by atoms with van der Waals surface area (Å²) >= 11 is 0. The van der Waals surface area contributed by atoms with Crippen LogP contribution in [0.1, 0.15) is 21.6 Å². The molecule has 0 radical (unpaired) electrons. The number of carboxylic acids is 1. The van der Waals surface area contributed by atoms with E-state index in [0.717, 1.165) is 11.3 Å². The summed E-state index contributed by atoms with van der Waals surface area (Å²) in [7, 11) is 2.84. The number of methoxy groups -OCH3 is 2. The Labute approximate surface area is 127 Å². The molecular weight excluding hydrogens is 288 g/mol. The summed E-state index contributed by atoms with van der Waals surface area (Å²) in [6.07, 6.45) is 1.42. The standard InChI is InChI=1S/C15H16N2O5/c1-21-12-5-3-10(4-6-12)8-17-9-11(7-13(18)22-2)14(16-17)15(19)20/h3-6,9H,7-8H2,1-2H3,(H,19,20). The fourth-order valence-corrected chi connectivity index (χ4v) is 2.00. The summed E-state index contributed by atoms with van der Waals surface area (Å²) in [5.74, 6) is -0.944. The molecule has 1 aromatic heterocycles. The number of carbonyl (C=O) groups excluding carboxylic acids is 1. The Balaban J connectivity index is 2.21. The smallest absolute Gasteiger partial charge is 0.356 e. The number of carbonyl (C=O) groups is 2. The molecule has 22 heavy (non-hydrogen) atoms. The number of hydrogen-bond acceptors (Lipinski definition) is 5. The number of ether oxygens (including phenoxy) is 2. The molecule has 1 N–H and O–H groups in total. The highest BCUT2D eigenvalue weighted by Gasteiger charge is 2.18. The molecule has 0 saturated carbocycles. The number of aromatic carboxylic acids is 1. The van der Waals surface area contributed by atoms with Crippen molar-refractivity contribution in [3.8, 4) is 5.75 Å². The minimum absolute atomic E-state index is 0.124. The fourth-order valence-electron chi connectivity index (χ4n) is 2.00. The Hall–Kier alpha value is -2.83. The van der Waals surface area contributed by atoms with Gasteiger partial charge in [0, 0.05) is 11.8 Å². The Kier molecular flexibility index (Phi) is 4.77. The van der Waals surface area contributed by atoms with Crippen LogP contribution in [0.4, 0.5) is 0 Å². The van der Waals surface area contributed by atoms with E-state index in [2.05, 4.69) is 9.84 Å². The minimum atomic E-state index is -1.17. The van der Waals surface area contributed by atoms with Gasteiger partial charge >= 0.3 is 11.9 Å². The van der Waals surface area contributed by atoms with Gasteiger partial charge in [0.05, 0.1) is 27.2 Å². The normalized spacial score (nSPS) is 10.3. The Morgan fingerprint density at radius 1 is 1.23 bits per heavy atom. The predicted molar refractivity (Wildman–Crippen MR) is 77.0 cm³/mol. The number of nitrogens with zero attached hydrogens (tertiary/aromatic N) is 2. The largest absolute Gasteiger partial charge is 0.497 e. The molecule has 7 nitrogen and oxygen atoms in total. The first-order valence-corrected chi connectivity index (χ1v) is 6.53. The summed E-state index contributed by atoms with van der Waals surface area (Å²) in [6, 6.07) is 7.35. The number of benzene rings is 1. The SMILES string of the molecule is COC(=O)Cc1cn(Cc2ccc(OC)cc2)nc1C(=O)O. The molecule has 7 heteroatoms. The zero-order valence-electron chi connectivity index (χ0n) is 12.3. The number of hydrogen-bond donors (Lipinski definition) is 1. The maximum absolute atomic E-state index is 11.3. The van der Waals surface area contributed by atoms with Crippen molar-refractivity contribution in [3.05, 3.63) is 47.3 Å². The maximum atomic E-state index is 11.3. The molecule has 0 bridgehead atoms. The van der Waals surface area contributed by atoms with Crippen LogP contribution in [-0.4, -0.2) is 41.0 Å². The lowest BCUT2D eigenvalue weighted by molar-refractivity contribution is -0.139. The highest BCUT2D eigenvalue weighted by atomic mass is 16.5. The molecule has 0 aliphatic heterocycles. The number of rotatable bonds is 6. The average Bonchev–Trinajstić information content (AvgIpc) is 2.90. The highest BCUT2D eigenvalue weighted by molar-refractivity contribution is 5.88. The summed E-state index contributed by atoms with van der Waals surface area (Å²) in [5, 5.41) is 13.2. The molecule has 0 aliphatic rings. The van der Waals surface area contributed by atoms with Crippen LogP contribution in [0.3, 0.4) is 0 Å². The first kappa shape index (κ1) is 15.6. The quantitative estimate of drug-likeness (QED) is 0.810. The van der Waals surface area contributed by atoms with Gasteiger partial charge in [0.2, 0.25) is 0 Å². The van der Waals surface area contributed by atoms with Gasteiger partial charge < -0.3 is 14.6 Å². The third-order valence-electron chi connectivity index (χ3n) is 3.11. The van der Waals surface area contributed by atoms with Gasteiger partial charge in [0.1, 0.15) is 5.75 Å². The van der Waals surface area contributed by atoms with E-state index in [4.69, 9.17) is 9.84 Å². The summed E-state index contributed by atoms with van der Waals surface area (Å²) < 4.78 is 11.1. The molecular formula is C15H16N2O5. The van der Waals surface area contributed by atoms with Gasteiger partial charge in [0.15, 0.2) is 5.69 Å². The molecule has 0 saturated heterocycles. The summed E-state index contributed by atoms with van der Waals surface area (Å²) in [6.45, 7) is 0.394. The van der Waals surface area contributed by atoms with Crippen LogP contribution < -0.4 is 4.74 Å². The van der Waals surface area contributed by atoms with Gasteiger partial charge in [-0.05, 0) is 17.7 Å². The molecule has 0 spiro atoms. The van der Waals surface area contributed by atoms with Crippen LogP contribution in [0.15, 0.2) is 30.5 Å². The van der Waals surface area contributed by atoms with Crippen LogP contribution >= 0.6 is 0 Å². The highest BCUT2D eigenvalue weighted by Crippen LogP contribution is 2.14. The van der Waals surface area contributed by atoms with Crippen molar-refractivity contribution in [3.63, 3.8) is 0 Å². The fraction of sp³-hybridized carbons (Fsp3) is 0.267. The number of esters is 1. The van der Waals surface area contributed by atoms with Crippen molar-refractivity contribution in [1.29, 1.82) is 0 Å².